The molecule has 0 aliphatic carbocycles. The van der Waals surface area contributed by atoms with Crippen LogP contribution in [0.3, 0.4) is 0 Å². The Morgan fingerprint density at radius 2 is 2.30 bits per heavy atom. The van der Waals surface area contributed by atoms with Gasteiger partial charge < -0.3 is 10.2 Å². The maximum Gasteiger partial charge on any atom is 0.252 e. The fourth-order valence-electron chi connectivity index (χ4n) is 2.55. The highest BCUT2D eigenvalue weighted by Gasteiger charge is 2.22. The van der Waals surface area contributed by atoms with E-state index >= 15 is 0 Å². The van der Waals surface area contributed by atoms with Gasteiger partial charge in [-0.3, -0.25) is 9.59 Å². The molecule has 2 amide bonds. The number of nitrogens with one attached hydrogen (secondary N) is 1. The van der Waals surface area contributed by atoms with Gasteiger partial charge in [0.1, 0.15) is 0 Å². The first-order valence-corrected chi connectivity index (χ1v) is 8.22. The summed E-state index contributed by atoms with van der Waals surface area (Å²) in [5, 5.41) is 6.57. The van der Waals surface area contributed by atoms with Crippen molar-refractivity contribution in [3.63, 3.8) is 0 Å². The summed E-state index contributed by atoms with van der Waals surface area (Å²) in [5.74, 6) is 0.173. The Morgan fingerprint density at radius 3 is 3.00 bits per heavy atom. The van der Waals surface area contributed by atoms with Gasteiger partial charge in [-0.2, -0.15) is 11.3 Å². The molecule has 5 heteroatoms. The molecule has 2 rings (SSSR count). The van der Waals surface area contributed by atoms with Crippen molar-refractivity contribution in [3.8, 4) is 0 Å². The Labute approximate surface area is 124 Å². The molecular formula is C15H22N2O2S. The molecule has 1 N–H and O–H groups in total. The molecule has 0 aromatic carbocycles. The molecule has 0 radical (unpaired) electrons. The largest absolute Gasteiger partial charge is 0.352 e. The third kappa shape index (κ3) is 4.07. The van der Waals surface area contributed by atoms with Gasteiger partial charge in [0.2, 0.25) is 5.91 Å². The molecule has 1 aliphatic heterocycles. The highest BCUT2D eigenvalue weighted by atomic mass is 32.1. The number of amides is 2. The van der Waals surface area contributed by atoms with E-state index < -0.39 is 0 Å². The van der Waals surface area contributed by atoms with Crippen molar-refractivity contribution < 1.29 is 9.59 Å². The molecule has 110 valence electrons. The minimum atomic E-state index is -0.0509. The highest BCUT2D eigenvalue weighted by Crippen LogP contribution is 2.17. The fourth-order valence-corrected chi connectivity index (χ4v) is 3.19. The van der Waals surface area contributed by atoms with Crippen molar-refractivity contribution in [1.82, 2.24) is 10.2 Å². The first kappa shape index (κ1) is 15.0. The number of carbonyl (C=O) groups excluding carboxylic acids is 2. The lowest BCUT2D eigenvalue weighted by Crippen LogP contribution is -2.42. The molecule has 20 heavy (non-hydrogen) atoms. The predicted molar refractivity (Wildman–Crippen MR) is 80.9 cm³/mol. The molecule has 1 atom stereocenters. The van der Waals surface area contributed by atoms with Crippen LogP contribution in [-0.2, 0) is 4.79 Å². The van der Waals surface area contributed by atoms with Crippen molar-refractivity contribution in [3.05, 3.63) is 22.4 Å². The van der Waals surface area contributed by atoms with Crippen LogP contribution >= 0.6 is 11.3 Å². The van der Waals surface area contributed by atoms with Crippen molar-refractivity contribution in [2.75, 3.05) is 13.1 Å². The Kier molecular flexibility index (Phi) is 5.59. The second-order valence-electron chi connectivity index (χ2n) is 5.30. The summed E-state index contributed by atoms with van der Waals surface area (Å²) in [6.07, 6.45) is 4.68. The van der Waals surface area contributed by atoms with Crippen molar-refractivity contribution in [2.24, 2.45) is 0 Å². The zero-order chi connectivity index (χ0) is 14.4. The lowest BCUT2D eigenvalue weighted by atomic mass is 10.0. The Balaban J connectivity index is 1.65. The molecule has 1 aromatic rings. The third-order valence-electron chi connectivity index (χ3n) is 3.76. The average molecular weight is 294 g/mol. The first-order valence-electron chi connectivity index (χ1n) is 7.28. The van der Waals surface area contributed by atoms with E-state index in [1.54, 1.807) is 6.07 Å². The predicted octanol–water partition coefficient (Wildman–Crippen LogP) is 2.66. The van der Waals surface area contributed by atoms with E-state index in [1.807, 2.05) is 15.7 Å². The SMILES string of the molecule is CC1CCCCN1C(=O)CCCNC(=O)c1ccsc1. The van der Waals surface area contributed by atoms with E-state index in [1.165, 1.54) is 17.8 Å². The highest BCUT2D eigenvalue weighted by molar-refractivity contribution is 7.08. The topological polar surface area (TPSA) is 49.4 Å². The van der Waals surface area contributed by atoms with Crippen LogP contribution in [0.5, 0.6) is 0 Å². The van der Waals surface area contributed by atoms with Crippen LogP contribution in [0.2, 0.25) is 0 Å². The average Bonchev–Trinajstić information content (AvgIpc) is 2.98. The lowest BCUT2D eigenvalue weighted by molar-refractivity contribution is -0.134. The molecule has 1 aromatic heterocycles. The normalized spacial score (nSPS) is 18.9. The second kappa shape index (κ2) is 7.43. The van der Waals surface area contributed by atoms with Crippen LogP contribution in [0.1, 0.15) is 49.4 Å². The van der Waals surface area contributed by atoms with E-state index in [2.05, 4.69) is 12.2 Å². The number of rotatable bonds is 5. The summed E-state index contributed by atoms with van der Waals surface area (Å²) in [7, 11) is 0. The van der Waals surface area contributed by atoms with Crippen LogP contribution in [0.4, 0.5) is 0 Å². The molecular weight excluding hydrogens is 272 g/mol. The van der Waals surface area contributed by atoms with E-state index in [0.29, 0.717) is 31.0 Å². The van der Waals surface area contributed by atoms with Crippen molar-refractivity contribution in [2.45, 2.75) is 45.1 Å². The maximum atomic E-state index is 12.1. The van der Waals surface area contributed by atoms with Gasteiger partial charge in [0, 0.05) is 36.5 Å². The van der Waals surface area contributed by atoms with Gasteiger partial charge in [0.15, 0.2) is 0 Å². The van der Waals surface area contributed by atoms with Gasteiger partial charge >= 0.3 is 0 Å². The molecule has 4 nitrogen and oxygen atoms in total. The molecule has 0 bridgehead atoms. The zero-order valence-electron chi connectivity index (χ0n) is 11.9. The van der Waals surface area contributed by atoms with E-state index in [4.69, 9.17) is 0 Å². The van der Waals surface area contributed by atoms with E-state index in [-0.39, 0.29) is 11.8 Å². The third-order valence-corrected chi connectivity index (χ3v) is 4.44. The maximum absolute atomic E-state index is 12.1. The standard InChI is InChI=1S/C15H22N2O2S/c1-12-5-2-3-9-17(12)14(18)6-4-8-16-15(19)13-7-10-20-11-13/h7,10-12H,2-6,8-9H2,1H3,(H,16,19). The van der Waals surface area contributed by atoms with E-state index in [9.17, 15) is 9.59 Å². The minimum Gasteiger partial charge on any atom is -0.352 e. The molecule has 2 heterocycles. The van der Waals surface area contributed by atoms with Crippen LogP contribution in [-0.4, -0.2) is 35.8 Å². The van der Waals surface area contributed by atoms with Crippen LogP contribution in [0, 0.1) is 0 Å². The fraction of sp³-hybridized carbons (Fsp3) is 0.600. The van der Waals surface area contributed by atoms with E-state index in [0.717, 1.165) is 19.4 Å². The molecule has 1 fully saturated rings. The Hall–Kier alpha value is -1.36. The summed E-state index contributed by atoms with van der Waals surface area (Å²) in [5.41, 5.74) is 0.700. The van der Waals surface area contributed by atoms with Crippen molar-refractivity contribution in [1.29, 1.82) is 0 Å². The smallest absolute Gasteiger partial charge is 0.252 e. The molecule has 1 saturated heterocycles. The quantitative estimate of drug-likeness (QED) is 0.849. The lowest BCUT2D eigenvalue weighted by Gasteiger charge is -2.33. The van der Waals surface area contributed by atoms with Crippen LogP contribution in [0.25, 0.3) is 0 Å². The number of likely N-dealkylation sites (tertiary alicyclic amines) is 1. The van der Waals surface area contributed by atoms with Gasteiger partial charge in [-0.1, -0.05) is 0 Å². The number of thiophene rings is 1. The Bertz CT molecular complexity index is 445. The number of piperidine rings is 1. The first-order chi connectivity index (χ1) is 9.68. The summed E-state index contributed by atoms with van der Waals surface area (Å²) in [4.78, 5) is 25.8. The molecule has 1 unspecified atom stereocenters. The number of hydrogen-bond donors (Lipinski definition) is 1. The second-order valence-corrected chi connectivity index (χ2v) is 6.08. The molecule has 1 aliphatic rings. The monoisotopic (exact) mass is 294 g/mol. The van der Waals surface area contributed by atoms with Gasteiger partial charge in [-0.15, -0.1) is 0 Å². The van der Waals surface area contributed by atoms with Gasteiger partial charge in [0.25, 0.3) is 5.91 Å². The van der Waals surface area contributed by atoms with Gasteiger partial charge in [-0.05, 0) is 44.1 Å². The number of hydrogen-bond acceptors (Lipinski definition) is 3. The summed E-state index contributed by atoms with van der Waals surface area (Å²) >= 11 is 1.51. The van der Waals surface area contributed by atoms with Crippen LogP contribution in [0.15, 0.2) is 16.8 Å². The summed E-state index contributed by atoms with van der Waals surface area (Å²) in [6, 6.07) is 2.18. The van der Waals surface area contributed by atoms with Gasteiger partial charge in [0.05, 0.1) is 0 Å². The summed E-state index contributed by atoms with van der Waals surface area (Å²) in [6.45, 7) is 3.57. The zero-order valence-corrected chi connectivity index (χ0v) is 12.7. The van der Waals surface area contributed by atoms with Crippen LogP contribution < -0.4 is 5.32 Å². The summed E-state index contributed by atoms with van der Waals surface area (Å²) < 4.78 is 0. The van der Waals surface area contributed by atoms with Crippen molar-refractivity contribution >= 4 is 23.2 Å². The number of nitrogens with zero attached hydrogens (tertiary/aromatic N) is 1. The van der Waals surface area contributed by atoms with Gasteiger partial charge in [-0.25, -0.2) is 0 Å². The Morgan fingerprint density at radius 1 is 1.45 bits per heavy atom. The molecule has 0 saturated carbocycles. The number of carbonyl (C=O) groups is 2. The minimum absolute atomic E-state index is 0.0509. The molecule has 0 spiro atoms.